The summed E-state index contributed by atoms with van der Waals surface area (Å²) in [4.78, 5) is 113. The van der Waals surface area contributed by atoms with Gasteiger partial charge in [0.2, 0.25) is 23.6 Å². The van der Waals surface area contributed by atoms with E-state index in [1.165, 1.54) is 37.5 Å². The van der Waals surface area contributed by atoms with Crippen LogP contribution in [-0.2, 0) is 40.0 Å². The minimum absolute atomic E-state index is 0.00404. The van der Waals surface area contributed by atoms with Gasteiger partial charge in [-0.3, -0.25) is 68.2 Å². The van der Waals surface area contributed by atoms with Crippen molar-refractivity contribution in [2.24, 2.45) is 10.9 Å². The number of nitrogens with one attached hydrogen (secondary N) is 4. The smallest absolute Gasteiger partial charge is 0.302 e. The van der Waals surface area contributed by atoms with Crippen LogP contribution in [0.3, 0.4) is 0 Å². The monoisotopic (exact) mass is 1070 g/mol. The van der Waals surface area contributed by atoms with E-state index in [0.29, 0.717) is 48.2 Å². The number of unbranched alkanes of at least 4 members (excludes halogenated alkanes) is 5. The number of aliphatic imine (C=N–C) groups is 1. The fourth-order valence-electron chi connectivity index (χ4n) is 8.06. The fraction of sp³-hybridized carbons (Fsp3) is 0.472. The van der Waals surface area contributed by atoms with E-state index in [0.717, 1.165) is 76.7 Å². The van der Waals surface area contributed by atoms with Crippen LogP contribution in [0.2, 0.25) is 5.02 Å². The zero-order valence-electron chi connectivity index (χ0n) is 44.1. The Kier molecular flexibility index (Phi) is 23.9. The molecule has 6 heterocycles. The molecule has 0 aliphatic carbocycles. The number of rotatable bonds is 15. The molecule has 0 bridgehead atoms. The van der Waals surface area contributed by atoms with Crippen molar-refractivity contribution in [3.8, 4) is 10.8 Å². The van der Waals surface area contributed by atoms with Gasteiger partial charge in [-0.1, -0.05) is 90.1 Å². The van der Waals surface area contributed by atoms with E-state index in [1.54, 1.807) is 6.07 Å². The molecule has 2 aromatic carbocycles. The van der Waals surface area contributed by atoms with Crippen LogP contribution in [-0.4, -0.2) is 111 Å². The van der Waals surface area contributed by atoms with Gasteiger partial charge in [-0.05, 0) is 69.4 Å². The summed E-state index contributed by atoms with van der Waals surface area (Å²) in [6, 6.07) is 10.9. The number of hydrogen-bond donors (Lipinski definition) is 4. The number of halogens is 1. The zero-order valence-corrected chi connectivity index (χ0v) is 45.7. The number of aromatic nitrogens is 3. The topological polar surface area (TPSA) is 267 Å². The molecule has 4 N–H and O–H groups in total. The van der Waals surface area contributed by atoms with Crippen molar-refractivity contribution in [2.75, 3.05) is 26.8 Å². The standard InChI is InChI=1S/C40H41ClN8O7S.C6H9NO2.C3H6O2.2C2H6/c1-22-32-34(24-12-14-25(41)15-13-24)44-20-29-47-46-23(2)48(29)40(32)57-35(22)37(53)43-19-8-6-4-3-5-7-18-42-31(51)21-56-28-11-9-10-26-33(28)39(55)49(38(26)54)27-16-17-30(50)45-36(27)52;1-4-2-3-5(8)7-6(4)9;1-3(4)5-2;2*1-2/h9-15,27H,3-8,16-21H2,1-2H3,(H,42,51)(H,43,53)(H,45,50,52);4H,2-3H2,1H3,(H,7,8,9);1-2H3;2*1-2H3. The molecular formula is C53H68ClN9O11S. The van der Waals surface area contributed by atoms with Gasteiger partial charge in [0.05, 0.1) is 28.8 Å². The van der Waals surface area contributed by atoms with Gasteiger partial charge in [-0.15, -0.1) is 21.5 Å². The number of amides is 8. The highest BCUT2D eigenvalue weighted by atomic mass is 35.5. The molecule has 2 saturated heterocycles. The van der Waals surface area contributed by atoms with E-state index in [9.17, 15) is 43.2 Å². The van der Waals surface area contributed by atoms with E-state index < -0.39 is 29.7 Å². The second-order valence-electron chi connectivity index (χ2n) is 17.1. The number of nitrogens with zero attached hydrogens (tertiary/aromatic N) is 5. The Morgan fingerprint density at radius 2 is 1.39 bits per heavy atom. The molecule has 0 saturated carbocycles. The average Bonchev–Trinajstić information content (AvgIpc) is 3.98. The maximum absolute atomic E-state index is 13.5. The van der Waals surface area contributed by atoms with E-state index in [-0.39, 0.29) is 71.8 Å². The first-order valence-electron chi connectivity index (χ1n) is 25.3. The summed E-state index contributed by atoms with van der Waals surface area (Å²) in [6.07, 6.45) is 6.67. The Morgan fingerprint density at radius 3 is 1.99 bits per heavy atom. The SMILES string of the molecule is CC.CC.CC1CCC(=O)NC1=O.COC(C)=O.Cc1c(C(=O)NCCCCCCCCNC(=O)COc2cccc3c2C(=O)N(C2CCC(=O)NC2=O)C3=O)sc2c1C(c1ccc(Cl)cc1)=NCc1nnc(C)n1-2. The normalized spacial score (nSPS) is 16.1. The largest absolute Gasteiger partial charge is 0.483 e. The van der Waals surface area contributed by atoms with Crippen LogP contribution < -0.4 is 26.0 Å². The minimum atomic E-state index is -1.09. The summed E-state index contributed by atoms with van der Waals surface area (Å²) in [6.45, 7) is 16.0. The molecule has 4 aromatic rings. The Labute approximate surface area is 446 Å². The van der Waals surface area contributed by atoms with Crippen LogP contribution in [0.1, 0.15) is 164 Å². The van der Waals surface area contributed by atoms with Crippen molar-refractivity contribution in [2.45, 2.75) is 132 Å². The van der Waals surface area contributed by atoms with Crippen LogP contribution >= 0.6 is 22.9 Å². The number of aryl methyl sites for hydroxylation is 1. The van der Waals surface area contributed by atoms with E-state index in [2.05, 4.69) is 36.2 Å². The summed E-state index contributed by atoms with van der Waals surface area (Å²) < 4.78 is 11.7. The van der Waals surface area contributed by atoms with Gasteiger partial charge >= 0.3 is 5.97 Å². The minimum Gasteiger partial charge on any atom is -0.483 e. The van der Waals surface area contributed by atoms with Crippen LogP contribution in [0.5, 0.6) is 5.75 Å². The number of methoxy groups -OCH3 is 1. The molecule has 0 radical (unpaired) electrons. The van der Waals surface area contributed by atoms with Crippen molar-refractivity contribution in [3.05, 3.63) is 91.8 Å². The lowest BCUT2D eigenvalue weighted by Gasteiger charge is -2.27. The number of fused-ring (bicyclic) bond motifs is 4. The molecule has 2 aromatic heterocycles. The molecule has 8 rings (SSSR count). The van der Waals surface area contributed by atoms with Gasteiger partial charge in [0.1, 0.15) is 29.2 Å². The number of imide groups is 3. The van der Waals surface area contributed by atoms with E-state index in [1.807, 2.05) is 77.3 Å². The Hall–Kier alpha value is -7.13. The Balaban J connectivity index is 0.000000580. The molecule has 4 aliphatic rings. The highest BCUT2D eigenvalue weighted by Gasteiger charge is 2.46. The van der Waals surface area contributed by atoms with Crippen molar-refractivity contribution < 1.29 is 52.6 Å². The predicted octanol–water partition coefficient (Wildman–Crippen LogP) is 6.91. The van der Waals surface area contributed by atoms with Gasteiger partial charge in [-0.2, -0.15) is 0 Å². The lowest BCUT2D eigenvalue weighted by atomic mass is 9.99. The molecule has 2 atom stereocenters. The number of thiophene rings is 1. The lowest BCUT2D eigenvalue weighted by molar-refractivity contribution is -0.138. The number of esters is 1. The molecule has 0 spiro atoms. The number of carbonyl (C=O) groups is 9. The fourth-order valence-corrected chi connectivity index (χ4v) is 9.48. The molecule has 4 aliphatic heterocycles. The van der Waals surface area contributed by atoms with Gasteiger partial charge in [0.15, 0.2) is 12.4 Å². The molecule has 20 nitrogen and oxygen atoms in total. The lowest BCUT2D eigenvalue weighted by Crippen LogP contribution is -2.54. The second kappa shape index (κ2) is 29.7. The third-order valence-electron chi connectivity index (χ3n) is 12.0. The van der Waals surface area contributed by atoms with E-state index in [4.69, 9.17) is 21.3 Å². The van der Waals surface area contributed by atoms with Crippen LogP contribution in [0.4, 0.5) is 0 Å². The van der Waals surface area contributed by atoms with Gasteiger partial charge in [-0.25, -0.2) is 0 Å². The number of hydrogen-bond acceptors (Lipinski definition) is 15. The maximum Gasteiger partial charge on any atom is 0.302 e. The predicted molar refractivity (Wildman–Crippen MR) is 283 cm³/mol. The number of ether oxygens (including phenoxy) is 2. The first-order valence-corrected chi connectivity index (χ1v) is 26.5. The molecule has 75 heavy (non-hydrogen) atoms. The van der Waals surface area contributed by atoms with Crippen molar-refractivity contribution in [3.63, 3.8) is 0 Å². The summed E-state index contributed by atoms with van der Waals surface area (Å²) >= 11 is 7.58. The summed E-state index contributed by atoms with van der Waals surface area (Å²) in [7, 11) is 1.35. The molecule has 404 valence electrons. The van der Waals surface area contributed by atoms with Crippen LogP contribution in [0.15, 0.2) is 47.5 Å². The number of benzene rings is 2. The van der Waals surface area contributed by atoms with Gasteiger partial charge in [0, 0.05) is 54.9 Å². The third-order valence-corrected chi connectivity index (χ3v) is 13.5. The second-order valence-corrected chi connectivity index (χ2v) is 18.5. The third kappa shape index (κ3) is 15.9. The summed E-state index contributed by atoms with van der Waals surface area (Å²) in [5.74, 6) is -1.97. The summed E-state index contributed by atoms with van der Waals surface area (Å²) in [5.41, 5.74) is 3.53. The first-order chi connectivity index (χ1) is 36.0. The van der Waals surface area contributed by atoms with Gasteiger partial charge < -0.3 is 20.1 Å². The molecule has 8 amide bonds. The van der Waals surface area contributed by atoms with Crippen molar-refractivity contribution >= 4 is 81.9 Å². The van der Waals surface area contributed by atoms with Crippen molar-refractivity contribution in [1.82, 2.24) is 40.9 Å². The molecule has 22 heteroatoms. The highest BCUT2D eigenvalue weighted by Crippen LogP contribution is 2.37. The molecular weight excluding hydrogens is 1010 g/mol. The molecule has 2 fully saturated rings. The van der Waals surface area contributed by atoms with Gasteiger partial charge in [0.25, 0.3) is 23.6 Å². The summed E-state index contributed by atoms with van der Waals surface area (Å²) in [5, 5.41) is 20.4. The Bertz CT molecular complexity index is 2750. The van der Waals surface area contributed by atoms with E-state index >= 15 is 0 Å². The first kappa shape index (κ1) is 60.4. The van der Waals surface area contributed by atoms with Crippen molar-refractivity contribution in [1.29, 1.82) is 0 Å². The quantitative estimate of drug-likeness (QED) is 0.0536. The zero-order chi connectivity index (χ0) is 55.4. The highest BCUT2D eigenvalue weighted by molar-refractivity contribution is 7.17. The van der Waals surface area contributed by atoms with Crippen LogP contribution in [0, 0.1) is 19.8 Å². The number of carbonyl (C=O) groups excluding carboxylic acids is 9. The van der Waals surface area contributed by atoms with Crippen LogP contribution in [0.25, 0.3) is 5.00 Å². The maximum atomic E-state index is 13.5. The molecule has 2 unspecified atom stereocenters. The average molecular weight is 1070 g/mol. The number of piperidine rings is 2. The Morgan fingerprint density at radius 1 is 0.787 bits per heavy atom.